The van der Waals surface area contributed by atoms with E-state index in [2.05, 4.69) is 10.1 Å². The SMILES string of the molecule is COCCN(C)CCC(C)(C)C(N)=NO. The lowest BCUT2D eigenvalue weighted by atomic mass is 9.88. The van der Waals surface area contributed by atoms with Gasteiger partial charge in [0.05, 0.1) is 6.61 Å². The third-order valence-corrected chi connectivity index (χ3v) is 2.60. The maximum atomic E-state index is 8.61. The van der Waals surface area contributed by atoms with E-state index in [0.717, 1.165) is 26.1 Å². The highest BCUT2D eigenvalue weighted by Crippen LogP contribution is 2.20. The zero-order chi connectivity index (χ0) is 11.9. The summed E-state index contributed by atoms with van der Waals surface area (Å²) in [6.07, 6.45) is 0.850. The summed E-state index contributed by atoms with van der Waals surface area (Å²) in [6, 6.07) is 0. The summed E-state index contributed by atoms with van der Waals surface area (Å²) in [4.78, 5) is 2.16. The van der Waals surface area contributed by atoms with Crippen LogP contribution >= 0.6 is 0 Å². The second kappa shape index (κ2) is 6.63. The minimum atomic E-state index is -0.268. The molecule has 0 unspecified atom stereocenters. The molecule has 0 saturated heterocycles. The molecule has 0 aromatic carbocycles. The number of amidine groups is 1. The van der Waals surface area contributed by atoms with E-state index in [1.165, 1.54) is 0 Å². The number of likely N-dealkylation sites (N-methyl/N-ethyl adjacent to an activating group) is 1. The van der Waals surface area contributed by atoms with Gasteiger partial charge in [0.25, 0.3) is 0 Å². The number of hydrogen-bond acceptors (Lipinski definition) is 4. The maximum absolute atomic E-state index is 8.61. The molecule has 0 aliphatic carbocycles. The van der Waals surface area contributed by atoms with Crippen LogP contribution in [0.1, 0.15) is 20.3 Å². The summed E-state index contributed by atoms with van der Waals surface area (Å²) in [5.74, 6) is 0.280. The Morgan fingerprint density at radius 3 is 2.53 bits per heavy atom. The van der Waals surface area contributed by atoms with Gasteiger partial charge in [-0.25, -0.2) is 0 Å². The Kier molecular flexibility index (Phi) is 6.27. The molecule has 0 radical (unpaired) electrons. The Hall–Kier alpha value is -0.810. The monoisotopic (exact) mass is 217 g/mol. The minimum absolute atomic E-state index is 0.268. The zero-order valence-corrected chi connectivity index (χ0v) is 10.2. The van der Waals surface area contributed by atoms with Crippen molar-refractivity contribution in [3.8, 4) is 0 Å². The Morgan fingerprint density at radius 1 is 1.47 bits per heavy atom. The second-order valence-electron chi connectivity index (χ2n) is 4.42. The highest BCUT2D eigenvalue weighted by atomic mass is 16.5. The summed E-state index contributed by atoms with van der Waals surface area (Å²) in [7, 11) is 3.72. The fourth-order valence-corrected chi connectivity index (χ4v) is 1.09. The Balaban J connectivity index is 3.93. The molecule has 0 spiro atoms. The van der Waals surface area contributed by atoms with Crippen molar-refractivity contribution in [2.45, 2.75) is 20.3 Å². The Labute approximate surface area is 91.9 Å². The molecular weight excluding hydrogens is 194 g/mol. The van der Waals surface area contributed by atoms with E-state index in [-0.39, 0.29) is 11.3 Å². The minimum Gasteiger partial charge on any atom is -0.409 e. The molecule has 3 N–H and O–H groups in total. The van der Waals surface area contributed by atoms with E-state index in [4.69, 9.17) is 15.7 Å². The van der Waals surface area contributed by atoms with E-state index in [0.29, 0.717) is 0 Å². The topological polar surface area (TPSA) is 71.1 Å². The summed E-state index contributed by atoms with van der Waals surface area (Å²) < 4.78 is 4.98. The van der Waals surface area contributed by atoms with Crippen LogP contribution in [0.25, 0.3) is 0 Å². The van der Waals surface area contributed by atoms with Crippen molar-refractivity contribution >= 4 is 5.84 Å². The molecule has 0 rings (SSSR count). The van der Waals surface area contributed by atoms with Gasteiger partial charge in [0.2, 0.25) is 0 Å². The van der Waals surface area contributed by atoms with Gasteiger partial charge in [-0.2, -0.15) is 0 Å². The molecule has 0 bridgehead atoms. The van der Waals surface area contributed by atoms with Crippen LogP contribution in [0.2, 0.25) is 0 Å². The van der Waals surface area contributed by atoms with Gasteiger partial charge in [-0.15, -0.1) is 0 Å². The number of oxime groups is 1. The normalized spacial score (nSPS) is 13.5. The molecule has 0 amide bonds. The fourth-order valence-electron chi connectivity index (χ4n) is 1.09. The number of methoxy groups -OCH3 is 1. The molecular formula is C10H23N3O2. The first-order chi connectivity index (χ1) is 6.94. The van der Waals surface area contributed by atoms with Crippen LogP contribution in [0.15, 0.2) is 5.16 Å². The first-order valence-electron chi connectivity index (χ1n) is 5.09. The van der Waals surface area contributed by atoms with E-state index >= 15 is 0 Å². The standard InChI is InChI=1S/C10H23N3O2/c1-10(2,9(11)12-14)5-6-13(3)7-8-15-4/h14H,5-8H2,1-4H3,(H2,11,12). The number of ether oxygens (including phenoxy) is 1. The van der Waals surface area contributed by atoms with Crippen LogP contribution in [-0.2, 0) is 4.74 Å². The number of nitrogens with two attached hydrogens (primary N) is 1. The van der Waals surface area contributed by atoms with E-state index in [1.807, 2.05) is 20.9 Å². The maximum Gasteiger partial charge on any atom is 0.144 e. The van der Waals surface area contributed by atoms with Crippen molar-refractivity contribution < 1.29 is 9.94 Å². The van der Waals surface area contributed by atoms with E-state index in [1.54, 1.807) is 7.11 Å². The van der Waals surface area contributed by atoms with E-state index in [9.17, 15) is 0 Å². The van der Waals surface area contributed by atoms with Crippen LogP contribution in [0.5, 0.6) is 0 Å². The average Bonchev–Trinajstić information content (AvgIpc) is 2.22. The summed E-state index contributed by atoms with van der Waals surface area (Å²) in [5.41, 5.74) is 5.33. The predicted molar refractivity (Wildman–Crippen MR) is 61.2 cm³/mol. The molecule has 5 heteroatoms. The van der Waals surface area contributed by atoms with Crippen LogP contribution in [0, 0.1) is 5.41 Å². The molecule has 5 nitrogen and oxygen atoms in total. The Morgan fingerprint density at radius 2 is 2.07 bits per heavy atom. The molecule has 0 aliphatic rings. The largest absolute Gasteiger partial charge is 0.409 e. The van der Waals surface area contributed by atoms with Crippen molar-refractivity contribution in [2.24, 2.45) is 16.3 Å². The molecule has 0 heterocycles. The zero-order valence-electron chi connectivity index (χ0n) is 10.2. The summed E-state index contributed by atoms with van der Waals surface area (Å²) in [6.45, 7) is 6.44. The van der Waals surface area contributed by atoms with Gasteiger partial charge in [0.15, 0.2) is 0 Å². The van der Waals surface area contributed by atoms with E-state index < -0.39 is 0 Å². The van der Waals surface area contributed by atoms with Crippen LogP contribution in [0.4, 0.5) is 0 Å². The third-order valence-electron chi connectivity index (χ3n) is 2.60. The second-order valence-corrected chi connectivity index (χ2v) is 4.42. The lowest BCUT2D eigenvalue weighted by Crippen LogP contribution is -2.36. The number of hydrogen-bond donors (Lipinski definition) is 2. The van der Waals surface area contributed by atoms with Gasteiger partial charge in [0.1, 0.15) is 5.84 Å². The first kappa shape index (κ1) is 14.2. The lowest BCUT2D eigenvalue weighted by molar-refractivity contribution is 0.156. The number of rotatable bonds is 7. The van der Waals surface area contributed by atoms with Crippen LogP contribution in [0.3, 0.4) is 0 Å². The van der Waals surface area contributed by atoms with Gasteiger partial charge in [-0.05, 0) is 20.0 Å². The van der Waals surface area contributed by atoms with Crippen molar-refractivity contribution in [2.75, 3.05) is 33.9 Å². The quantitative estimate of drug-likeness (QED) is 0.285. The third kappa shape index (κ3) is 5.59. The Bertz CT molecular complexity index is 205. The fraction of sp³-hybridized carbons (Fsp3) is 0.900. The van der Waals surface area contributed by atoms with Crippen LogP contribution in [-0.4, -0.2) is 49.8 Å². The average molecular weight is 217 g/mol. The molecule has 0 aromatic rings. The van der Waals surface area contributed by atoms with Gasteiger partial charge in [-0.1, -0.05) is 19.0 Å². The molecule has 90 valence electrons. The predicted octanol–water partition coefficient (Wildman–Crippen LogP) is 0.727. The highest BCUT2D eigenvalue weighted by molar-refractivity contribution is 5.85. The van der Waals surface area contributed by atoms with Gasteiger partial charge < -0.3 is 20.6 Å². The molecule has 0 aromatic heterocycles. The van der Waals surface area contributed by atoms with Crippen molar-refractivity contribution in [1.29, 1.82) is 0 Å². The smallest absolute Gasteiger partial charge is 0.144 e. The number of nitrogens with zero attached hydrogens (tertiary/aromatic N) is 2. The molecule has 0 atom stereocenters. The molecule has 0 fully saturated rings. The summed E-state index contributed by atoms with van der Waals surface area (Å²) >= 11 is 0. The molecule has 15 heavy (non-hydrogen) atoms. The highest BCUT2D eigenvalue weighted by Gasteiger charge is 2.23. The van der Waals surface area contributed by atoms with Gasteiger partial charge >= 0.3 is 0 Å². The van der Waals surface area contributed by atoms with Crippen molar-refractivity contribution in [3.05, 3.63) is 0 Å². The van der Waals surface area contributed by atoms with Gasteiger partial charge in [-0.3, -0.25) is 0 Å². The molecule has 0 saturated carbocycles. The summed E-state index contributed by atoms with van der Waals surface area (Å²) in [5, 5.41) is 11.7. The van der Waals surface area contributed by atoms with Crippen LogP contribution < -0.4 is 5.73 Å². The lowest BCUT2D eigenvalue weighted by Gasteiger charge is -2.26. The first-order valence-corrected chi connectivity index (χ1v) is 5.09. The van der Waals surface area contributed by atoms with Crippen molar-refractivity contribution in [1.82, 2.24) is 4.90 Å². The molecule has 0 aliphatic heterocycles. The van der Waals surface area contributed by atoms with Crippen molar-refractivity contribution in [3.63, 3.8) is 0 Å². The van der Waals surface area contributed by atoms with Gasteiger partial charge in [0, 0.05) is 19.1 Å².